The first-order valence-electron chi connectivity index (χ1n) is 4.47. The summed E-state index contributed by atoms with van der Waals surface area (Å²) in [5, 5.41) is 0.964. The molecule has 0 aliphatic heterocycles. The fourth-order valence-electron chi connectivity index (χ4n) is 1.49. The summed E-state index contributed by atoms with van der Waals surface area (Å²) < 4.78 is 5.00. The number of thiophene rings is 1. The largest absolute Gasteiger partial charge is 0.462 e. The Labute approximate surface area is 85.7 Å². The minimum atomic E-state index is -0.226. The Morgan fingerprint density at radius 1 is 1.64 bits per heavy atom. The highest BCUT2D eigenvalue weighted by Crippen LogP contribution is 2.30. The lowest BCUT2D eigenvalue weighted by Gasteiger charge is -2.00. The van der Waals surface area contributed by atoms with E-state index in [1.54, 1.807) is 11.3 Å². The minimum absolute atomic E-state index is 0.226. The summed E-state index contributed by atoms with van der Waals surface area (Å²) in [6, 6.07) is 1.91. The van der Waals surface area contributed by atoms with Crippen LogP contribution in [-0.4, -0.2) is 17.6 Å². The highest BCUT2D eigenvalue weighted by Gasteiger charge is 2.17. The summed E-state index contributed by atoms with van der Waals surface area (Å²) in [5.74, 6) is -0.226. The molecule has 0 saturated heterocycles. The maximum Gasteiger partial charge on any atom is 0.339 e. The van der Waals surface area contributed by atoms with E-state index >= 15 is 0 Å². The molecule has 4 heteroatoms. The number of rotatable bonds is 2. The van der Waals surface area contributed by atoms with Gasteiger partial charge in [-0.3, -0.25) is 0 Å². The van der Waals surface area contributed by atoms with E-state index in [-0.39, 0.29) is 5.97 Å². The fourth-order valence-corrected chi connectivity index (χ4v) is 2.49. The number of nitrogens with one attached hydrogen (secondary N) is 1. The van der Waals surface area contributed by atoms with E-state index in [1.807, 2.05) is 26.1 Å². The zero-order chi connectivity index (χ0) is 10.1. The van der Waals surface area contributed by atoms with E-state index in [0.29, 0.717) is 12.2 Å². The Morgan fingerprint density at radius 2 is 2.43 bits per heavy atom. The number of fused-ring (bicyclic) bond motifs is 1. The lowest BCUT2D eigenvalue weighted by atomic mass is 10.2. The number of aromatic amines is 1. The van der Waals surface area contributed by atoms with Crippen LogP contribution in [0.1, 0.15) is 22.2 Å². The lowest BCUT2D eigenvalue weighted by molar-refractivity contribution is 0.0528. The molecule has 2 aromatic heterocycles. The highest BCUT2D eigenvalue weighted by molar-refractivity contribution is 7.19. The summed E-state index contributed by atoms with van der Waals surface area (Å²) >= 11 is 1.58. The van der Waals surface area contributed by atoms with Crippen LogP contribution in [0.15, 0.2) is 12.3 Å². The Kier molecular flexibility index (Phi) is 2.29. The van der Waals surface area contributed by atoms with E-state index < -0.39 is 0 Å². The predicted octanol–water partition coefficient (Wildman–Crippen LogP) is 2.71. The van der Waals surface area contributed by atoms with Crippen molar-refractivity contribution in [1.82, 2.24) is 4.98 Å². The molecular formula is C10H11NO2S. The van der Waals surface area contributed by atoms with Crippen molar-refractivity contribution in [3.05, 3.63) is 22.7 Å². The summed E-state index contributed by atoms with van der Waals surface area (Å²) in [6.45, 7) is 4.17. The van der Waals surface area contributed by atoms with Crippen LogP contribution >= 0.6 is 11.3 Å². The number of hydrogen-bond donors (Lipinski definition) is 1. The van der Waals surface area contributed by atoms with E-state index in [2.05, 4.69) is 4.98 Å². The van der Waals surface area contributed by atoms with Gasteiger partial charge in [0, 0.05) is 16.5 Å². The molecule has 2 aromatic rings. The lowest BCUT2D eigenvalue weighted by Crippen LogP contribution is -2.04. The van der Waals surface area contributed by atoms with Gasteiger partial charge in [0.15, 0.2) is 0 Å². The van der Waals surface area contributed by atoms with E-state index in [4.69, 9.17) is 4.74 Å². The van der Waals surface area contributed by atoms with E-state index in [0.717, 1.165) is 15.1 Å². The van der Waals surface area contributed by atoms with Crippen molar-refractivity contribution in [2.75, 3.05) is 6.61 Å². The van der Waals surface area contributed by atoms with Crippen molar-refractivity contribution in [2.45, 2.75) is 13.8 Å². The van der Waals surface area contributed by atoms with Crippen molar-refractivity contribution >= 4 is 27.5 Å². The van der Waals surface area contributed by atoms with Gasteiger partial charge in [-0.25, -0.2) is 4.79 Å². The number of aryl methyl sites for hydroxylation is 1. The number of esters is 1. The van der Waals surface area contributed by atoms with Crippen LogP contribution < -0.4 is 0 Å². The van der Waals surface area contributed by atoms with Crippen LogP contribution in [0.4, 0.5) is 0 Å². The molecule has 0 unspecified atom stereocenters. The zero-order valence-electron chi connectivity index (χ0n) is 8.09. The molecule has 0 saturated carbocycles. The third-order valence-electron chi connectivity index (χ3n) is 2.07. The van der Waals surface area contributed by atoms with Gasteiger partial charge in [0.25, 0.3) is 0 Å². The van der Waals surface area contributed by atoms with Crippen molar-refractivity contribution in [3.63, 3.8) is 0 Å². The molecule has 14 heavy (non-hydrogen) atoms. The summed E-state index contributed by atoms with van der Waals surface area (Å²) in [4.78, 5) is 16.7. The standard InChI is InChI=1S/C10H11NO2S/c1-3-13-10(12)8-6(2)14-9-7(8)4-5-11-9/h4-5,11H,3H2,1-2H3. The molecule has 2 heterocycles. The van der Waals surface area contributed by atoms with Gasteiger partial charge in [0.2, 0.25) is 0 Å². The van der Waals surface area contributed by atoms with Crippen molar-refractivity contribution in [2.24, 2.45) is 0 Å². The first-order valence-corrected chi connectivity index (χ1v) is 5.29. The molecule has 0 bridgehead atoms. The number of carbonyl (C=O) groups excluding carboxylic acids is 1. The Balaban J connectivity index is 2.53. The van der Waals surface area contributed by atoms with Gasteiger partial charge in [-0.15, -0.1) is 11.3 Å². The van der Waals surface area contributed by atoms with Gasteiger partial charge in [0.05, 0.1) is 12.2 Å². The SMILES string of the molecule is CCOC(=O)c1c(C)sc2[nH]ccc12. The monoisotopic (exact) mass is 209 g/mol. The van der Waals surface area contributed by atoms with Gasteiger partial charge >= 0.3 is 5.97 Å². The number of ether oxygens (including phenoxy) is 1. The van der Waals surface area contributed by atoms with E-state index in [1.165, 1.54) is 0 Å². The second-order valence-corrected chi connectivity index (χ2v) is 4.20. The summed E-state index contributed by atoms with van der Waals surface area (Å²) in [6.07, 6.45) is 1.84. The fraction of sp³-hybridized carbons (Fsp3) is 0.300. The molecule has 0 spiro atoms. The molecule has 0 aromatic carbocycles. The summed E-state index contributed by atoms with van der Waals surface area (Å²) in [5.41, 5.74) is 0.702. The average molecular weight is 209 g/mol. The van der Waals surface area contributed by atoms with Crippen LogP contribution in [0, 0.1) is 6.92 Å². The molecule has 3 nitrogen and oxygen atoms in total. The second kappa shape index (κ2) is 3.46. The molecule has 2 rings (SSSR count). The maximum absolute atomic E-state index is 11.6. The number of hydrogen-bond acceptors (Lipinski definition) is 3. The number of aromatic nitrogens is 1. The second-order valence-electron chi connectivity index (χ2n) is 2.97. The number of carbonyl (C=O) groups is 1. The van der Waals surface area contributed by atoms with Gasteiger partial charge in [0.1, 0.15) is 4.83 Å². The predicted molar refractivity (Wildman–Crippen MR) is 56.9 cm³/mol. The van der Waals surface area contributed by atoms with Crippen LogP contribution in [0.5, 0.6) is 0 Å². The third-order valence-corrected chi connectivity index (χ3v) is 3.12. The van der Waals surface area contributed by atoms with Gasteiger partial charge in [-0.1, -0.05) is 0 Å². The van der Waals surface area contributed by atoms with Crippen LogP contribution in [0.3, 0.4) is 0 Å². The summed E-state index contributed by atoms with van der Waals surface area (Å²) in [7, 11) is 0. The molecule has 0 radical (unpaired) electrons. The van der Waals surface area contributed by atoms with Crippen LogP contribution in [-0.2, 0) is 4.74 Å². The molecule has 74 valence electrons. The van der Waals surface area contributed by atoms with Crippen molar-refractivity contribution < 1.29 is 9.53 Å². The van der Waals surface area contributed by atoms with Crippen LogP contribution in [0.25, 0.3) is 10.2 Å². The van der Waals surface area contributed by atoms with Crippen LogP contribution in [0.2, 0.25) is 0 Å². The molecule has 0 amide bonds. The topological polar surface area (TPSA) is 42.1 Å². The molecule has 0 fully saturated rings. The Hall–Kier alpha value is -1.29. The highest BCUT2D eigenvalue weighted by atomic mass is 32.1. The van der Waals surface area contributed by atoms with Crippen molar-refractivity contribution in [3.8, 4) is 0 Å². The quantitative estimate of drug-likeness (QED) is 0.773. The molecule has 1 N–H and O–H groups in total. The average Bonchev–Trinajstić information content (AvgIpc) is 2.63. The minimum Gasteiger partial charge on any atom is -0.462 e. The first-order chi connectivity index (χ1) is 6.74. The van der Waals surface area contributed by atoms with Crippen molar-refractivity contribution in [1.29, 1.82) is 0 Å². The third kappa shape index (κ3) is 1.32. The van der Waals surface area contributed by atoms with Gasteiger partial charge < -0.3 is 9.72 Å². The molecule has 0 atom stereocenters. The Bertz CT molecular complexity index is 469. The molecule has 0 aliphatic carbocycles. The maximum atomic E-state index is 11.6. The van der Waals surface area contributed by atoms with Gasteiger partial charge in [-0.05, 0) is 19.9 Å². The Morgan fingerprint density at radius 3 is 3.14 bits per heavy atom. The molecule has 0 aliphatic rings. The van der Waals surface area contributed by atoms with E-state index in [9.17, 15) is 4.79 Å². The molecular weight excluding hydrogens is 198 g/mol. The normalized spacial score (nSPS) is 10.7. The first kappa shape index (κ1) is 9.27. The van der Waals surface area contributed by atoms with Gasteiger partial charge in [-0.2, -0.15) is 0 Å². The number of H-pyrrole nitrogens is 1. The smallest absolute Gasteiger partial charge is 0.339 e. The zero-order valence-corrected chi connectivity index (χ0v) is 8.90.